The van der Waals surface area contributed by atoms with Gasteiger partial charge in [0, 0.05) is 22.4 Å². The van der Waals surface area contributed by atoms with Crippen molar-refractivity contribution in [3.05, 3.63) is 89.2 Å². The minimum Gasteiger partial charge on any atom is -0.406 e. The highest BCUT2D eigenvalue weighted by Crippen LogP contribution is 2.45. The van der Waals surface area contributed by atoms with E-state index >= 15 is 0 Å². The first-order valence-corrected chi connectivity index (χ1v) is 14.4. The highest BCUT2D eigenvalue weighted by Gasteiger charge is 2.37. The Kier molecular flexibility index (Phi) is 7.53. The minimum atomic E-state index is -5.00. The number of aryl methyl sites for hydroxylation is 1. The third kappa shape index (κ3) is 6.15. The summed E-state index contributed by atoms with van der Waals surface area (Å²) in [4.78, 5) is 7.89. The Bertz CT molecular complexity index is 1840. The van der Waals surface area contributed by atoms with Crippen molar-refractivity contribution in [2.45, 2.75) is 50.4 Å². The van der Waals surface area contributed by atoms with Crippen molar-refractivity contribution >= 4 is 27.2 Å². The van der Waals surface area contributed by atoms with Crippen molar-refractivity contribution < 1.29 is 44.6 Å². The highest BCUT2D eigenvalue weighted by molar-refractivity contribution is 7.92. The van der Waals surface area contributed by atoms with Gasteiger partial charge in [0.2, 0.25) is 0 Å². The maximum absolute atomic E-state index is 14.2. The van der Waals surface area contributed by atoms with Crippen LogP contribution in [0.1, 0.15) is 36.4 Å². The first-order chi connectivity index (χ1) is 20.3. The Morgan fingerprint density at radius 1 is 0.909 bits per heavy atom. The number of sulfonamides is 1. The van der Waals surface area contributed by atoms with Crippen molar-refractivity contribution in [2.24, 2.45) is 0 Å². The maximum Gasteiger partial charge on any atom is 0.573 e. The van der Waals surface area contributed by atoms with Crippen molar-refractivity contribution in [3.8, 4) is 17.0 Å². The first kappa shape index (κ1) is 31.1. The molecule has 2 N–H and O–H groups in total. The lowest BCUT2D eigenvalue weighted by Gasteiger charge is -2.27. The van der Waals surface area contributed by atoms with Crippen LogP contribution in [0.25, 0.3) is 11.3 Å². The summed E-state index contributed by atoms with van der Waals surface area (Å²) in [6.07, 6.45) is -9.77. The summed E-state index contributed by atoms with van der Waals surface area (Å²) >= 11 is 0. The molecule has 0 fully saturated rings. The third-order valence-corrected chi connectivity index (χ3v) is 8.55. The number of halogens is 6. The van der Waals surface area contributed by atoms with Gasteiger partial charge < -0.3 is 15.2 Å². The minimum absolute atomic E-state index is 0.0117. The van der Waals surface area contributed by atoms with Crippen molar-refractivity contribution in [3.63, 3.8) is 0 Å². The molecule has 0 atom stereocenters. The number of nitrogens with one attached hydrogen (secondary N) is 1. The Morgan fingerprint density at radius 3 is 2.18 bits per heavy atom. The lowest BCUT2D eigenvalue weighted by molar-refractivity contribution is -0.274. The quantitative estimate of drug-likeness (QED) is 0.226. The Morgan fingerprint density at radius 2 is 1.59 bits per heavy atom. The van der Waals surface area contributed by atoms with Gasteiger partial charge in [0.25, 0.3) is 10.0 Å². The van der Waals surface area contributed by atoms with Crippen LogP contribution < -0.4 is 14.4 Å². The molecule has 0 amide bonds. The molecule has 44 heavy (non-hydrogen) atoms. The molecule has 232 valence electrons. The molecular formula is C29H24F6N4O4S. The van der Waals surface area contributed by atoms with Gasteiger partial charge in [-0.1, -0.05) is 24.3 Å². The standard InChI is InChI=1S/C29H24F6N4O4S/c1-16-21(27(2,3)40)12-13-22(36-16)20-5-4-6-23-25(20)39(15-17-7-14-24(28(30,31)32)38-26(17)37-23)44(41,42)19-10-8-18(9-11-19)43-29(33,34)35/h4-14,40H,15H2,1-3H3,(H,37,38). The number of nitrogens with zero attached hydrogens (tertiary/aromatic N) is 3. The molecule has 0 saturated heterocycles. The molecule has 5 rings (SSSR count). The van der Waals surface area contributed by atoms with E-state index in [4.69, 9.17) is 0 Å². The monoisotopic (exact) mass is 638 g/mol. The number of rotatable bonds is 5. The number of hydrogen-bond donors (Lipinski definition) is 2. The second-order valence-corrected chi connectivity index (χ2v) is 12.3. The Balaban J connectivity index is 1.71. The molecule has 3 heterocycles. The van der Waals surface area contributed by atoms with Crippen LogP contribution in [0.2, 0.25) is 0 Å². The number of hydrogen-bond acceptors (Lipinski definition) is 7. The summed E-state index contributed by atoms with van der Waals surface area (Å²) in [7, 11) is -4.57. The van der Waals surface area contributed by atoms with Gasteiger partial charge >= 0.3 is 12.5 Å². The van der Waals surface area contributed by atoms with Gasteiger partial charge in [0.15, 0.2) is 0 Å². The predicted octanol–water partition coefficient (Wildman–Crippen LogP) is 7.05. The van der Waals surface area contributed by atoms with Crippen LogP contribution in [0.15, 0.2) is 71.6 Å². The lowest BCUT2D eigenvalue weighted by Crippen LogP contribution is -2.31. The van der Waals surface area contributed by atoms with Crippen LogP contribution in [0.4, 0.5) is 43.5 Å². The van der Waals surface area contributed by atoms with E-state index in [1.54, 1.807) is 45.0 Å². The van der Waals surface area contributed by atoms with Crippen LogP contribution in [-0.4, -0.2) is 29.9 Å². The van der Waals surface area contributed by atoms with Gasteiger partial charge in [-0.15, -0.1) is 13.2 Å². The predicted molar refractivity (Wildman–Crippen MR) is 149 cm³/mol. The second kappa shape index (κ2) is 10.7. The van der Waals surface area contributed by atoms with Crippen molar-refractivity contribution in [1.29, 1.82) is 0 Å². The molecule has 0 saturated carbocycles. The number of fused-ring (bicyclic) bond motifs is 2. The highest BCUT2D eigenvalue weighted by atomic mass is 32.2. The average molecular weight is 639 g/mol. The summed E-state index contributed by atoms with van der Waals surface area (Å²) in [5.41, 5.74) is -0.710. The molecule has 4 aromatic rings. The summed E-state index contributed by atoms with van der Waals surface area (Å²) < 4.78 is 112. The van der Waals surface area contributed by atoms with Gasteiger partial charge in [-0.25, -0.2) is 13.4 Å². The third-order valence-electron chi connectivity index (χ3n) is 6.79. The molecule has 0 aliphatic carbocycles. The Hall–Kier alpha value is -4.37. The molecule has 0 bridgehead atoms. The number of anilines is 3. The number of pyridine rings is 2. The fourth-order valence-electron chi connectivity index (χ4n) is 4.87. The molecule has 1 aliphatic heterocycles. The lowest BCUT2D eigenvalue weighted by atomic mass is 9.96. The van der Waals surface area contributed by atoms with E-state index in [0.717, 1.165) is 40.7 Å². The van der Waals surface area contributed by atoms with Crippen LogP contribution in [0.3, 0.4) is 0 Å². The summed E-state index contributed by atoms with van der Waals surface area (Å²) in [6.45, 7) is 4.33. The van der Waals surface area contributed by atoms with E-state index in [1.807, 2.05) is 0 Å². The molecular weight excluding hydrogens is 614 g/mol. The number of benzene rings is 2. The van der Waals surface area contributed by atoms with Gasteiger partial charge in [0.05, 0.1) is 34.1 Å². The van der Waals surface area contributed by atoms with Crippen LogP contribution >= 0.6 is 0 Å². The zero-order chi connectivity index (χ0) is 32.2. The normalized spacial score (nSPS) is 13.9. The van der Waals surface area contributed by atoms with E-state index in [9.17, 15) is 39.9 Å². The smallest absolute Gasteiger partial charge is 0.406 e. The fraction of sp³-hybridized carbons (Fsp3) is 0.241. The van der Waals surface area contributed by atoms with E-state index in [-0.39, 0.29) is 34.0 Å². The SMILES string of the molecule is Cc1nc(-c2cccc3c2N(S(=O)(=O)c2ccc(OC(F)(F)F)cc2)Cc2ccc(C(F)(F)F)nc2N3)ccc1C(C)(C)O. The van der Waals surface area contributed by atoms with Gasteiger partial charge in [-0.05, 0) is 63.2 Å². The van der Waals surface area contributed by atoms with Crippen LogP contribution in [-0.2, 0) is 28.3 Å². The van der Waals surface area contributed by atoms with Crippen LogP contribution in [0, 0.1) is 6.92 Å². The molecule has 2 aromatic carbocycles. The number of para-hydroxylation sites is 1. The topological polar surface area (TPSA) is 105 Å². The molecule has 0 spiro atoms. The molecule has 15 heteroatoms. The largest absolute Gasteiger partial charge is 0.573 e. The van der Waals surface area contributed by atoms with Gasteiger partial charge in [-0.3, -0.25) is 9.29 Å². The number of alkyl halides is 6. The number of aliphatic hydroxyl groups is 1. The molecule has 8 nitrogen and oxygen atoms in total. The van der Waals surface area contributed by atoms with Crippen molar-refractivity contribution in [2.75, 3.05) is 9.62 Å². The molecule has 0 radical (unpaired) electrons. The van der Waals surface area contributed by atoms with Crippen LogP contribution in [0.5, 0.6) is 5.75 Å². The molecule has 2 aromatic heterocycles. The van der Waals surface area contributed by atoms with E-state index < -0.39 is 51.0 Å². The molecule has 0 unspecified atom stereocenters. The summed E-state index contributed by atoms with van der Waals surface area (Å²) in [5, 5.41) is 13.3. The number of ether oxygens (including phenoxy) is 1. The van der Waals surface area contributed by atoms with Crippen molar-refractivity contribution in [1.82, 2.24) is 9.97 Å². The summed E-state index contributed by atoms with van der Waals surface area (Å²) in [5.74, 6) is -0.873. The maximum atomic E-state index is 14.2. The zero-order valence-electron chi connectivity index (χ0n) is 23.2. The second-order valence-electron chi connectivity index (χ2n) is 10.4. The van der Waals surface area contributed by atoms with E-state index in [0.29, 0.717) is 11.3 Å². The van der Waals surface area contributed by atoms with Gasteiger partial charge in [0.1, 0.15) is 17.3 Å². The first-order valence-electron chi connectivity index (χ1n) is 12.9. The van der Waals surface area contributed by atoms with E-state index in [2.05, 4.69) is 20.0 Å². The molecule has 1 aliphatic rings. The average Bonchev–Trinajstić information content (AvgIpc) is 3.08. The summed E-state index contributed by atoms with van der Waals surface area (Å²) in [6, 6.07) is 13.2. The Labute approximate surface area is 248 Å². The fourth-order valence-corrected chi connectivity index (χ4v) is 6.35. The van der Waals surface area contributed by atoms with E-state index in [1.165, 1.54) is 6.07 Å². The van der Waals surface area contributed by atoms with Gasteiger partial charge in [-0.2, -0.15) is 13.2 Å². The number of aromatic nitrogens is 2. The zero-order valence-corrected chi connectivity index (χ0v) is 24.1.